The molecule has 0 saturated carbocycles. The Labute approximate surface area is 413 Å². The van der Waals surface area contributed by atoms with E-state index >= 15 is 0 Å². The van der Waals surface area contributed by atoms with E-state index in [0.717, 1.165) is 66.1 Å². The fourth-order valence-electron chi connectivity index (χ4n) is 11.0. The Morgan fingerprint density at radius 3 is 1.43 bits per heavy atom. The summed E-state index contributed by atoms with van der Waals surface area (Å²) in [4.78, 5) is 11.0. The Morgan fingerprint density at radius 2 is 0.814 bits per heavy atom. The summed E-state index contributed by atoms with van der Waals surface area (Å²) in [5.74, 6) is 0.341. The van der Waals surface area contributed by atoms with Crippen LogP contribution in [0.3, 0.4) is 0 Å². The SMILES string of the molecule is [2H]c1c([2H])c([2H])c2c(c1[2H])c1ccccc1n2-c1cc(-c2c(-c3ccc4c5ccccc5n(-c5ccccc5)c4c3)cccc2-n2c3ccccc3c3ccccc32)nc(-n2c3ccccc3c3c([2H])c([2H])c([2H])c([2H])c32)n1. The van der Waals surface area contributed by atoms with E-state index in [2.05, 4.69) is 106 Å². The van der Waals surface area contributed by atoms with Gasteiger partial charge in [0.25, 0.3) is 0 Å². The molecule has 0 bridgehead atoms. The summed E-state index contributed by atoms with van der Waals surface area (Å²) in [6.45, 7) is 0. The number of para-hydroxylation sites is 8. The van der Waals surface area contributed by atoms with Crippen molar-refractivity contribution in [2.45, 2.75) is 0 Å². The molecule has 0 spiro atoms. The fraction of sp³-hybridized carbons (Fsp3) is 0. The van der Waals surface area contributed by atoms with Crippen LogP contribution < -0.4 is 0 Å². The quantitative estimate of drug-likeness (QED) is 0.167. The molecule has 0 radical (unpaired) electrons. The number of aromatic nitrogens is 6. The molecule has 0 aliphatic carbocycles. The summed E-state index contributed by atoms with van der Waals surface area (Å²) in [5, 5.41) is 6.12. The predicted octanol–water partition coefficient (Wildman–Crippen LogP) is 16.2. The van der Waals surface area contributed by atoms with Crippen molar-refractivity contribution in [2.24, 2.45) is 0 Å². The van der Waals surface area contributed by atoms with Crippen LogP contribution in [0.2, 0.25) is 0 Å². The maximum absolute atomic E-state index is 9.53. The van der Waals surface area contributed by atoms with Crippen LogP contribution in [0.25, 0.3) is 133 Å². The van der Waals surface area contributed by atoms with Gasteiger partial charge in [0.2, 0.25) is 5.95 Å². The molecule has 0 saturated heterocycles. The molecule has 0 N–H and O–H groups in total. The van der Waals surface area contributed by atoms with Crippen LogP contribution >= 0.6 is 0 Å². The Morgan fingerprint density at radius 1 is 0.329 bits per heavy atom. The monoisotopic (exact) mass is 900 g/mol. The standard InChI is InChI=1S/C64H40N6/c1-2-19-42(20-3-1)67-53-29-11-4-27-50(53)51-38-37-41(39-61(51)67)43-28-18-36-60(68-54-30-12-5-21-44(54)45-22-6-13-31-55(45)68)63(43)52-40-62(69-56-32-14-7-23-46(56)47-24-8-15-33-57(47)69)66-64(65-52)70-58-34-16-9-25-48(58)49-26-10-17-35-59(49)70/h1-40H/i7D,9D,14D,16D,23D,25D,32D,34D. The minimum absolute atomic E-state index is 0.0770. The molecule has 6 nitrogen and oxygen atoms in total. The van der Waals surface area contributed by atoms with Crippen molar-refractivity contribution in [3.8, 4) is 45.5 Å². The molecule has 0 atom stereocenters. The molecular weight excluding hydrogens is 853 g/mol. The summed E-state index contributed by atoms with van der Waals surface area (Å²) >= 11 is 0. The average molecular weight is 901 g/mol. The first-order valence-electron chi connectivity index (χ1n) is 27.2. The van der Waals surface area contributed by atoms with Gasteiger partial charge in [-0.3, -0.25) is 9.13 Å². The zero-order valence-electron chi connectivity index (χ0n) is 45.2. The van der Waals surface area contributed by atoms with Crippen LogP contribution in [0.15, 0.2) is 242 Å². The van der Waals surface area contributed by atoms with Crippen LogP contribution in [0, 0.1) is 0 Å². The van der Waals surface area contributed by atoms with Gasteiger partial charge in [-0.1, -0.05) is 170 Å². The van der Waals surface area contributed by atoms with E-state index in [1.165, 1.54) is 0 Å². The lowest BCUT2D eigenvalue weighted by Gasteiger charge is -2.20. The maximum Gasteiger partial charge on any atom is 0.237 e. The molecule has 5 heterocycles. The highest BCUT2D eigenvalue weighted by atomic mass is 15.2. The minimum Gasteiger partial charge on any atom is -0.309 e. The molecule has 0 fully saturated rings. The Bertz CT molecular complexity index is 4880. The van der Waals surface area contributed by atoms with Crippen LogP contribution in [-0.2, 0) is 0 Å². The summed E-state index contributed by atoms with van der Waals surface area (Å²) < 4.78 is 81.3. The van der Waals surface area contributed by atoms with Crippen molar-refractivity contribution in [2.75, 3.05) is 0 Å². The number of rotatable bonds is 6. The molecular formula is C64H40N6. The summed E-state index contributed by atoms with van der Waals surface area (Å²) in [6, 6.07) is 62.4. The smallest absolute Gasteiger partial charge is 0.237 e. The van der Waals surface area contributed by atoms with E-state index in [1.54, 1.807) is 9.13 Å². The molecule has 70 heavy (non-hydrogen) atoms. The zero-order valence-corrected chi connectivity index (χ0v) is 37.2. The van der Waals surface area contributed by atoms with Gasteiger partial charge < -0.3 is 9.13 Å². The lowest BCUT2D eigenvalue weighted by molar-refractivity contribution is 0.951. The van der Waals surface area contributed by atoms with Crippen LogP contribution in [0.1, 0.15) is 11.0 Å². The number of hydrogen-bond acceptors (Lipinski definition) is 2. The molecule has 15 rings (SSSR count). The summed E-state index contributed by atoms with van der Waals surface area (Å²) in [7, 11) is 0. The van der Waals surface area contributed by atoms with Gasteiger partial charge in [-0.05, 0) is 77.8 Å². The molecule has 10 aromatic carbocycles. The Hall–Kier alpha value is -9.52. The van der Waals surface area contributed by atoms with E-state index in [0.29, 0.717) is 43.8 Å². The third kappa shape index (κ3) is 5.56. The van der Waals surface area contributed by atoms with E-state index in [-0.39, 0.29) is 59.1 Å². The van der Waals surface area contributed by atoms with Gasteiger partial charge in [0.15, 0.2) is 0 Å². The molecule has 0 aliphatic rings. The predicted molar refractivity (Wildman–Crippen MR) is 290 cm³/mol. The second-order valence-electron chi connectivity index (χ2n) is 17.6. The Kier molecular flexibility index (Phi) is 6.74. The number of nitrogens with zero attached hydrogens (tertiary/aromatic N) is 6. The largest absolute Gasteiger partial charge is 0.309 e. The Balaban J connectivity index is 1.14. The highest BCUT2D eigenvalue weighted by Crippen LogP contribution is 2.44. The average Bonchev–Trinajstić information content (AvgIpc) is 4.34. The van der Waals surface area contributed by atoms with Gasteiger partial charge in [-0.25, -0.2) is 4.98 Å². The normalized spacial score (nSPS) is 13.6. The fourth-order valence-corrected chi connectivity index (χ4v) is 11.0. The number of fused-ring (bicyclic) bond motifs is 12. The van der Waals surface area contributed by atoms with Gasteiger partial charge in [-0.2, -0.15) is 4.98 Å². The number of benzene rings is 10. The first-order valence-corrected chi connectivity index (χ1v) is 23.2. The van der Waals surface area contributed by atoms with Gasteiger partial charge >= 0.3 is 0 Å². The van der Waals surface area contributed by atoms with Crippen molar-refractivity contribution >= 4 is 87.2 Å². The van der Waals surface area contributed by atoms with Crippen molar-refractivity contribution in [1.29, 1.82) is 0 Å². The van der Waals surface area contributed by atoms with Gasteiger partial charge in [0.1, 0.15) is 5.82 Å². The van der Waals surface area contributed by atoms with Gasteiger partial charge in [0, 0.05) is 60.4 Å². The lowest BCUT2D eigenvalue weighted by Crippen LogP contribution is -2.09. The van der Waals surface area contributed by atoms with E-state index in [9.17, 15) is 5.48 Å². The molecule has 0 amide bonds. The molecule has 326 valence electrons. The molecule has 0 aliphatic heterocycles. The highest BCUT2D eigenvalue weighted by Gasteiger charge is 2.25. The van der Waals surface area contributed by atoms with E-state index < -0.39 is 12.1 Å². The zero-order chi connectivity index (χ0) is 52.8. The molecule has 0 unspecified atom stereocenters. The first kappa shape index (κ1) is 31.5. The summed E-state index contributed by atoms with van der Waals surface area (Å²) in [6.07, 6.45) is 0. The van der Waals surface area contributed by atoms with Crippen molar-refractivity contribution in [3.63, 3.8) is 0 Å². The van der Waals surface area contributed by atoms with Crippen molar-refractivity contribution in [1.82, 2.24) is 28.2 Å². The van der Waals surface area contributed by atoms with Crippen LogP contribution in [0.4, 0.5) is 0 Å². The minimum atomic E-state index is -0.409. The van der Waals surface area contributed by atoms with E-state index in [4.69, 9.17) is 15.5 Å². The summed E-state index contributed by atoms with van der Waals surface area (Å²) in [5.41, 5.74) is 10.2. The molecule has 5 aromatic heterocycles. The van der Waals surface area contributed by atoms with E-state index in [1.807, 2.05) is 97.1 Å². The first-order chi connectivity index (χ1) is 38.1. The van der Waals surface area contributed by atoms with Gasteiger partial charge in [0.05, 0.1) is 66.5 Å². The topological polar surface area (TPSA) is 45.5 Å². The molecule has 15 aromatic rings. The van der Waals surface area contributed by atoms with Crippen molar-refractivity contribution in [3.05, 3.63) is 242 Å². The lowest BCUT2D eigenvalue weighted by atomic mass is 9.94. The van der Waals surface area contributed by atoms with Gasteiger partial charge in [-0.15, -0.1) is 0 Å². The maximum atomic E-state index is 9.53. The van der Waals surface area contributed by atoms with Crippen LogP contribution in [0.5, 0.6) is 0 Å². The second kappa shape index (κ2) is 15.0. The highest BCUT2D eigenvalue weighted by molar-refractivity contribution is 6.13. The second-order valence-corrected chi connectivity index (χ2v) is 17.6. The number of hydrogen-bond donors (Lipinski definition) is 0. The van der Waals surface area contributed by atoms with Crippen LogP contribution in [-0.4, -0.2) is 28.2 Å². The van der Waals surface area contributed by atoms with Crippen molar-refractivity contribution < 1.29 is 11.0 Å². The molecule has 6 heteroatoms. The third-order valence-electron chi connectivity index (χ3n) is 13.9. The third-order valence-corrected chi connectivity index (χ3v) is 13.9.